The van der Waals surface area contributed by atoms with Crippen molar-refractivity contribution in [2.45, 2.75) is 45.6 Å². The van der Waals surface area contributed by atoms with Crippen molar-refractivity contribution < 1.29 is 19.1 Å². The third-order valence-electron chi connectivity index (χ3n) is 7.05. The normalized spacial score (nSPS) is 17.9. The average Bonchev–Trinajstić information content (AvgIpc) is 3.35. The van der Waals surface area contributed by atoms with Gasteiger partial charge in [-0.15, -0.1) is 5.10 Å². The van der Waals surface area contributed by atoms with E-state index in [1.807, 2.05) is 24.3 Å². The molecule has 0 bridgehead atoms. The maximum Gasteiger partial charge on any atom is 0.276 e. The molecule has 2 amide bonds. The second-order valence-electron chi connectivity index (χ2n) is 9.37. The molecular formula is C27H31N5O4. The first-order chi connectivity index (χ1) is 17.5. The van der Waals surface area contributed by atoms with Crippen LogP contribution in [0.2, 0.25) is 0 Å². The van der Waals surface area contributed by atoms with Gasteiger partial charge in [0.25, 0.3) is 5.91 Å². The van der Waals surface area contributed by atoms with E-state index >= 15 is 0 Å². The fraction of sp³-hybridized carbons (Fsp3) is 0.407. The maximum atomic E-state index is 13.2. The number of aromatic nitrogens is 3. The van der Waals surface area contributed by atoms with Crippen LogP contribution in [-0.4, -0.2) is 51.9 Å². The molecule has 2 aliphatic heterocycles. The molecule has 0 saturated carbocycles. The summed E-state index contributed by atoms with van der Waals surface area (Å²) >= 11 is 0. The van der Waals surface area contributed by atoms with Gasteiger partial charge >= 0.3 is 0 Å². The van der Waals surface area contributed by atoms with Gasteiger partial charge in [-0.3, -0.25) is 9.59 Å². The van der Waals surface area contributed by atoms with Crippen LogP contribution in [0, 0.1) is 12.8 Å². The molecule has 1 atom stereocenters. The van der Waals surface area contributed by atoms with Gasteiger partial charge in [-0.05, 0) is 31.4 Å². The van der Waals surface area contributed by atoms with Crippen LogP contribution >= 0.6 is 0 Å². The Bertz CT molecular complexity index is 1230. The number of nitrogens with zero attached hydrogens (tertiary/aromatic N) is 4. The Balaban J connectivity index is 1.15. The summed E-state index contributed by atoms with van der Waals surface area (Å²) in [6.45, 7) is 4.28. The van der Waals surface area contributed by atoms with Gasteiger partial charge in [-0.25, -0.2) is 4.68 Å². The van der Waals surface area contributed by atoms with E-state index in [1.54, 1.807) is 16.7 Å². The highest BCUT2D eigenvalue weighted by Gasteiger charge is 2.33. The second-order valence-corrected chi connectivity index (χ2v) is 9.37. The monoisotopic (exact) mass is 489 g/mol. The molecule has 0 aliphatic carbocycles. The van der Waals surface area contributed by atoms with Crippen LogP contribution < -0.4 is 10.1 Å². The quantitative estimate of drug-likeness (QED) is 0.572. The first kappa shape index (κ1) is 24.0. The number of aryl methyl sites for hydroxylation is 1. The Morgan fingerprint density at radius 2 is 1.86 bits per heavy atom. The molecule has 2 aromatic carbocycles. The van der Waals surface area contributed by atoms with E-state index in [2.05, 4.69) is 46.8 Å². The van der Waals surface area contributed by atoms with E-state index in [0.717, 1.165) is 16.9 Å². The van der Waals surface area contributed by atoms with E-state index in [4.69, 9.17) is 9.47 Å². The van der Waals surface area contributed by atoms with Crippen LogP contribution in [-0.2, 0) is 29.2 Å². The van der Waals surface area contributed by atoms with Crippen LogP contribution in [0.3, 0.4) is 0 Å². The fourth-order valence-electron chi connectivity index (χ4n) is 4.83. The third-order valence-corrected chi connectivity index (χ3v) is 7.05. The number of piperidine rings is 1. The molecule has 9 heteroatoms. The third kappa shape index (κ3) is 4.97. The first-order valence-corrected chi connectivity index (χ1v) is 12.3. The largest absolute Gasteiger partial charge is 0.496 e. The number of benzene rings is 2. The Kier molecular flexibility index (Phi) is 6.99. The summed E-state index contributed by atoms with van der Waals surface area (Å²) in [6.07, 6.45) is 1.10. The van der Waals surface area contributed by atoms with Gasteiger partial charge in [0.15, 0.2) is 5.69 Å². The van der Waals surface area contributed by atoms with E-state index in [1.165, 1.54) is 5.56 Å². The predicted molar refractivity (Wildman–Crippen MR) is 132 cm³/mol. The number of rotatable bonds is 6. The van der Waals surface area contributed by atoms with Crippen LogP contribution in [0.5, 0.6) is 5.75 Å². The van der Waals surface area contributed by atoms with Crippen molar-refractivity contribution in [3.63, 3.8) is 0 Å². The summed E-state index contributed by atoms with van der Waals surface area (Å²) < 4.78 is 13.2. The van der Waals surface area contributed by atoms with Crippen molar-refractivity contribution >= 4 is 11.8 Å². The molecule has 1 saturated heterocycles. The number of hydrogen-bond acceptors (Lipinski definition) is 6. The summed E-state index contributed by atoms with van der Waals surface area (Å²) in [7, 11) is 1.62. The number of fused-ring (bicyclic) bond motifs is 1. The molecule has 1 fully saturated rings. The number of amides is 2. The maximum absolute atomic E-state index is 13.2. The van der Waals surface area contributed by atoms with E-state index in [9.17, 15) is 9.59 Å². The van der Waals surface area contributed by atoms with E-state index in [0.29, 0.717) is 50.4 Å². The highest BCUT2D eigenvalue weighted by Crippen LogP contribution is 2.28. The molecule has 36 heavy (non-hydrogen) atoms. The lowest BCUT2D eigenvalue weighted by Gasteiger charge is -2.31. The minimum Gasteiger partial charge on any atom is -0.496 e. The van der Waals surface area contributed by atoms with Gasteiger partial charge in [0.05, 0.1) is 26.0 Å². The minimum atomic E-state index is -0.151. The number of carbonyl (C=O) groups excluding carboxylic acids is 2. The standard InChI is InChI=1S/C27H31N5O4/c1-18-7-9-19(10-8-18)24-16-32-22(17-36-24)25(29-30-32)27(34)31-13-11-20(12-14-31)26(33)28-15-21-5-3-4-6-23(21)35-2/h3-10,20,24H,11-17H2,1-2H3,(H,28,33)/t24-/m0/s1. The van der Waals surface area contributed by atoms with Crippen molar-refractivity contribution in [1.82, 2.24) is 25.2 Å². The highest BCUT2D eigenvalue weighted by molar-refractivity contribution is 5.93. The predicted octanol–water partition coefficient (Wildman–Crippen LogP) is 3.04. The van der Waals surface area contributed by atoms with E-state index in [-0.39, 0.29) is 30.4 Å². The molecule has 2 aliphatic rings. The summed E-state index contributed by atoms with van der Waals surface area (Å²) in [5.74, 6) is 0.479. The van der Waals surface area contributed by atoms with Crippen molar-refractivity contribution in [1.29, 1.82) is 0 Å². The Morgan fingerprint density at radius 3 is 2.61 bits per heavy atom. The molecule has 0 spiro atoms. The molecule has 1 N–H and O–H groups in total. The number of likely N-dealkylation sites (tertiary alicyclic amines) is 1. The summed E-state index contributed by atoms with van der Waals surface area (Å²) in [6, 6.07) is 15.9. The van der Waals surface area contributed by atoms with Crippen molar-refractivity contribution in [2.24, 2.45) is 5.92 Å². The molecule has 3 aromatic rings. The Labute approximate surface area is 210 Å². The number of para-hydroxylation sites is 1. The zero-order valence-electron chi connectivity index (χ0n) is 20.6. The number of nitrogens with one attached hydrogen (secondary N) is 1. The van der Waals surface area contributed by atoms with E-state index < -0.39 is 0 Å². The summed E-state index contributed by atoms with van der Waals surface area (Å²) in [5.41, 5.74) is 4.27. The number of hydrogen-bond donors (Lipinski definition) is 1. The molecular weight excluding hydrogens is 458 g/mol. The number of ether oxygens (including phenoxy) is 2. The Hall–Kier alpha value is -3.72. The Morgan fingerprint density at radius 1 is 1.11 bits per heavy atom. The van der Waals surface area contributed by atoms with Crippen molar-refractivity contribution in [2.75, 3.05) is 20.2 Å². The lowest BCUT2D eigenvalue weighted by atomic mass is 9.95. The molecule has 5 rings (SSSR count). The van der Waals surface area contributed by atoms with Gasteiger partial charge in [-0.1, -0.05) is 53.2 Å². The van der Waals surface area contributed by atoms with Gasteiger partial charge in [0, 0.05) is 31.1 Å². The van der Waals surface area contributed by atoms with Crippen LogP contribution in [0.4, 0.5) is 0 Å². The average molecular weight is 490 g/mol. The zero-order chi connectivity index (χ0) is 25.1. The molecule has 0 unspecified atom stereocenters. The van der Waals surface area contributed by atoms with Crippen LogP contribution in [0.15, 0.2) is 48.5 Å². The summed E-state index contributed by atoms with van der Waals surface area (Å²) in [5, 5.41) is 11.5. The molecule has 188 valence electrons. The van der Waals surface area contributed by atoms with Gasteiger partial charge < -0.3 is 19.7 Å². The molecule has 0 radical (unpaired) electrons. The van der Waals surface area contributed by atoms with Gasteiger partial charge in [0.2, 0.25) is 5.91 Å². The van der Waals surface area contributed by atoms with Crippen molar-refractivity contribution in [3.05, 3.63) is 76.6 Å². The SMILES string of the molecule is COc1ccccc1CNC(=O)C1CCN(C(=O)c2nnn3c2CO[C@H](c2ccc(C)cc2)C3)CC1. The number of methoxy groups -OCH3 is 1. The molecule has 3 heterocycles. The minimum absolute atomic E-state index is 0.00425. The second kappa shape index (κ2) is 10.5. The van der Waals surface area contributed by atoms with Gasteiger partial charge in [-0.2, -0.15) is 0 Å². The zero-order valence-corrected chi connectivity index (χ0v) is 20.6. The first-order valence-electron chi connectivity index (χ1n) is 12.3. The van der Waals surface area contributed by atoms with Crippen molar-refractivity contribution in [3.8, 4) is 5.75 Å². The number of carbonyl (C=O) groups is 2. The van der Waals surface area contributed by atoms with Gasteiger partial charge in [0.1, 0.15) is 11.9 Å². The smallest absolute Gasteiger partial charge is 0.276 e. The molecule has 1 aromatic heterocycles. The lowest BCUT2D eigenvalue weighted by molar-refractivity contribution is -0.126. The highest BCUT2D eigenvalue weighted by atomic mass is 16.5. The molecule has 9 nitrogen and oxygen atoms in total. The van der Waals surface area contributed by atoms with Crippen LogP contribution in [0.25, 0.3) is 0 Å². The topological polar surface area (TPSA) is 98.6 Å². The lowest BCUT2D eigenvalue weighted by Crippen LogP contribution is -2.43. The summed E-state index contributed by atoms with van der Waals surface area (Å²) in [4.78, 5) is 27.7. The van der Waals surface area contributed by atoms with Crippen LogP contribution in [0.1, 0.15) is 51.8 Å². The fourth-order valence-corrected chi connectivity index (χ4v) is 4.83.